The van der Waals surface area contributed by atoms with Crippen LogP contribution in [-0.2, 0) is 11.3 Å². The molecule has 0 radical (unpaired) electrons. The van der Waals surface area contributed by atoms with Gasteiger partial charge in [0.1, 0.15) is 6.61 Å². The van der Waals surface area contributed by atoms with Crippen molar-refractivity contribution in [3.63, 3.8) is 0 Å². The molecule has 1 aromatic heterocycles. The lowest BCUT2D eigenvalue weighted by molar-refractivity contribution is -0.174. The second-order valence-electron chi connectivity index (χ2n) is 2.91. The standard InChI is InChI=1S/C9H10F3NO2/c10-9(11,12)7-15-5-4-13-3-1-2-8(13)6-14/h1-3,6H,4-5,7H2. The van der Waals surface area contributed by atoms with Crippen molar-refractivity contribution < 1.29 is 22.7 Å². The topological polar surface area (TPSA) is 31.2 Å². The lowest BCUT2D eigenvalue weighted by Gasteiger charge is -2.08. The van der Waals surface area contributed by atoms with E-state index in [1.165, 1.54) is 4.57 Å². The van der Waals surface area contributed by atoms with Crippen LogP contribution in [0.5, 0.6) is 0 Å². The summed E-state index contributed by atoms with van der Waals surface area (Å²) in [6, 6.07) is 3.23. The van der Waals surface area contributed by atoms with Crippen LogP contribution in [-0.4, -0.2) is 30.2 Å². The summed E-state index contributed by atoms with van der Waals surface area (Å²) in [5, 5.41) is 0. The van der Waals surface area contributed by atoms with Crippen molar-refractivity contribution in [3.05, 3.63) is 24.0 Å². The van der Waals surface area contributed by atoms with Crippen LogP contribution in [0.3, 0.4) is 0 Å². The van der Waals surface area contributed by atoms with E-state index < -0.39 is 12.8 Å². The summed E-state index contributed by atoms with van der Waals surface area (Å²) in [5.41, 5.74) is 0.422. The molecule has 0 aliphatic rings. The maximum atomic E-state index is 11.7. The molecule has 1 heterocycles. The van der Waals surface area contributed by atoms with Gasteiger partial charge in [0.2, 0.25) is 0 Å². The molecule has 84 valence electrons. The predicted octanol–water partition coefficient (Wildman–Crippen LogP) is 1.88. The highest BCUT2D eigenvalue weighted by Gasteiger charge is 2.27. The summed E-state index contributed by atoms with van der Waals surface area (Å²) in [5.74, 6) is 0. The monoisotopic (exact) mass is 221 g/mol. The zero-order chi connectivity index (χ0) is 11.3. The van der Waals surface area contributed by atoms with Crippen LogP contribution in [0.2, 0.25) is 0 Å². The third-order valence-corrected chi connectivity index (χ3v) is 1.73. The molecular formula is C9H10F3NO2. The summed E-state index contributed by atoms with van der Waals surface area (Å²) >= 11 is 0. The molecule has 0 amide bonds. The van der Waals surface area contributed by atoms with Gasteiger partial charge in [0.25, 0.3) is 0 Å². The van der Waals surface area contributed by atoms with Crippen molar-refractivity contribution in [2.75, 3.05) is 13.2 Å². The van der Waals surface area contributed by atoms with E-state index in [0.717, 1.165) is 0 Å². The Labute approximate surface area is 84.4 Å². The highest BCUT2D eigenvalue weighted by molar-refractivity contribution is 5.72. The van der Waals surface area contributed by atoms with Crippen LogP contribution in [0, 0.1) is 0 Å². The summed E-state index contributed by atoms with van der Waals surface area (Å²) < 4.78 is 41.0. The molecule has 1 rings (SSSR count). The Morgan fingerprint density at radius 3 is 2.80 bits per heavy atom. The average molecular weight is 221 g/mol. The number of rotatable bonds is 5. The normalized spacial score (nSPS) is 11.7. The third kappa shape index (κ3) is 4.16. The lowest BCUT2D eigenvalue weighted by atomic mass is 10.5. The minimum Gasteiger partial charge on any atom is -0.370 e. The number of halogens is 3. The van der Waals surface area contributed by atoms with Crippen LogP contribution < -0.4 is 0 Å². The third-order valence-electron chi connectivity index (χ3n) is 1.73. The van der Waals surface area contributed by atoms with Gasteiger partial charge in [-0.2, -0.15) is 13.2 Å². The Balaban J connectivity index is 2.29. The molecule has 0 saturated carbocycles. The van der Waals surface area contributed by atoms with Gasteiger partial charge in [-0.25, -0.2) is 0 Å². The number of hydrogen-bond acceptors (Lipinski definition) is 2. The van der Waals surface area contributed by atoms with Crippen LogP contribution in [0.25, 0.3) is 0 Å². The quantitative estimate of drug-likeness (QED) is 0.561. The number of hydrogen-bond donors (Lipinski definition) is 0. The van der Waals surface area contributed by atoms with Crippen LogP contribution in [0.1, 0.15) is 10.5 Å². The second kappa shape index (κ2) is 4.97. The summed E-state index contributed by atoms with van der Waals surface area (Å²) in [6.07, 6.45) is -2.05. The van der Waals surface area contributed by atoms with Crippen LogP contribution in [0.4, 0.5) is 13.2 Å². The molecule has 0 fully saturated rings. The maximum Gasteiger partial charge on any atom is 0.411 e. The minimum absolute atomic E-state index is 0.0744. The van der Waals surface area contributed by atoms with Gasteiger partial charge in [-0.1, -0.05) is 0 Å². The zero-order valence-corrected chi connectivity index (χ0v) is 7.83. The van der Waals surface area contributed by atoms with Crippen molar-refractivity contribution in [2.24, 2.45) is 0 Å². The van der Waals surface area contributed by atoms with Gasteiger partial charge in [-0.05, 0) is 12.1 Å². The van der Waals surface area contributed by atoms with Crippen LogP contribution in [0.15, 0.2) is 18.3 Å². The Bertz CT molecular complexity index is 319. The van der Waals surface area contributed by atoms with E-state index in [1.54, 1.807) is 18.3 Å². The number of carbonyl (C=O) groups is 1. The molecule has 0 spiro atoms. The molecule has 0 unspecified atom stereocenters. The summed E-state index contributed by atoms with van der Waals surface area (Å²) in [6.45, 7) is -1.10. The molecule has 0 bridgehead atoms. The number of carbonyl (C=O) groups excluding carboxylic acids is 1. The zero-order valence-electron chi connectivity index (χ0n) is 7.83. The largest absolute Gasteiger partial charge is 0.411 e. The number of nitrogens with zero attached hydrogens (tertiary/aromatic N) is 1. The first-order valence-corrected chi connectivity index (χ1v) is 4.28. The number of ether oxygens (including phenoxy) is 1. The van der Waals surface area contributed by atoms with Gasteiger partial charge in [-0.3, -0.25) is 4.79 Å². The van der Waals surface area contributed by atoms with E-state index in [1.807, 2.05) is 0 Å². The van der Waals surface area contributed by atoms with Crippen molar-refractivity contribution >= 4 is 6.29 Å². The fraction of sp³-hybridized carbons (Fsp3) is 0.444. The average Bonchev–Trinajstić information content (AvgIpc) is 2.58. The first kappa shape index (κ1) is 11.8. The number of aromatic nitrogens is 1. The van der Waals surface area contributed by atoms with E-state index in [4.69, 9.17) is 0 Å². The molecule has 0 saturated heterocycles. The van der Waals surface area contributed by atoms with Gasteiger partial charge >= 0.3 is 6.18 Å². The van der Waals surface area contributed by atoms with Crippen LogP contribution >= 0.6 is 0 Å². The van der Waals surface area contributed by atoms with Crippen molar-refractivity contribution in [1.82, 2.24) is 4.57 Å². The Morgan fingerprint density at radius 2 is 2.20 bits per heavy atom. The smallest absolute Gasteiger partial charge is 0.370 e. The van der Waals surface area contributed by atoms with Crippen molar-refractivity contribution in [1.29, 1.82) is 0 Å². The van der Waals surface area contributed by atoms with Crippen molar-refractivity contribution in [3.8, 4) is 0 Å². The van der Waals surface area contributed by atoms with Gasteiger partial charge in [0.05, 0.1) is 12.3 Å². The highest BCUT2D eigenvalue weighted by Crippen LogP contribution is 2.14. The fourth-order valence-corrected chi connectivity index (χ4v) is 1.09. The number of alkyl halides is 3. The summed E-state index contributed by atoms with van der Waals surface area (Å²) in [4.78, 5) is 10.4. The highest BCUT2D eigenvalue weighted by atomic mass is 19.4. The molecule has 0 aliphatic carbocycles. The number of aldehydes is 1. The first-order chi connectivity index (χ1) is 7.03. The molecular weight excluding hydrogens is 211 g/mol. The molecule has 0 aliphatic heterocycles. The van der Waals surface area contributed by atoms with E-state index >= 15 is 0 Å². The predicted molar refractivity (Wildman–Crippen MR) is 46.7 cm³/mol. The van der Waals surface area contributed by atoms with Gasteiger partial charge in [0.15, 0.2) is 6.29 Å². The van der Waals surface area contributed by atoms with Gasteiger partial charge in [-0.15, -0.1) is 0 Å². The Morgan fingerprint density at radius 1 is 1.47 bits per heavy atom. The van der Waals surface area contributed by atoms with Gasteiger partial charge < -0.3 is 9.30 Å². The van der Waals surface area contributed by atoms with Gasteiger partial charge in [0, 0.05) is 12.7 Å². The maximum absolute atomic E-state index is 11.7. The molecule has 3 nitrogen and oxygen atoms in total. The molecule has 0 atom stereocenters. The molecule has 15 heavy (non-hydrogen) atoms. The van der Waals surface area contributed by atoms with E-state index in [2.05, 4.69) is 4.74 Å². The first-order valence-electron chi connectivity index (χ1n) is 4.28. The Hall–Kier alpha value is -1.30. The molecule has 0 N–H and O–H groups in total. The van der Waals surface area contributed by atoms with Crippen molar-refractivity contribution in [2.45, 2.75) is 12.7 Å². The second-order valence-corrected chi connectivity index (χ2v) is 2.91. The minimum atomic E-state index is -4.30. The SMILES string of the molecule is O=Cc1cccn1CCOCC(F)(F)F. The molecule has 0 aromatic carbocycles. The molecule has 1 aromatic rings. The van der Waals surface area contributed by atoms with E-state index in [0.29, 0.717) is 12.0 Å². The summed E-state index contributed by atoms with van der Waals surface area (Å²) in [7, 11) is 0. The Kier molecular flexibility index (Phi) is 3.90. The van der Waals surface area contributed by atoms with E-state index in [9.17, 15) is 18.0 Å². The molecule has 6 heteroatoms. The lowest BCUT2D eigenvalue weighted by Crippen LogP contribution is -2.19. The fourth-order valence-electron chi connectivity index (χ4n) is 1.09. The van der Waals surface area contributed by atoms with E-state index in [-0.39, 0.29) is 13.2 Å².